The number of nitrogens with zero attached hydrogens (tertiary/aromatic N) is 1. The van der Waals surface area contributed by atoms with Gasteiger partial charge < -0.3 is 10.2 Å². The first kappa shape index (κ1) is 11.0. The highest BCUT2D eigenvalue weighted by Gasteiger charge is 2.16. The molecule has 2 atom stereocenters. The normalized spacial score (nSPS) is 27.5. The van der Waals surface area contributed by atoms with Gasteiger partial charge in [0.1, 0.15) is 0 Å². The lowest BCUT2D eigenvalue weighted by Gasteiger charge is -2.33. The van der Waals surface area contributed by atoms with Gasteiger partial charge in [-0.1, -0.05) is 20.3 Å². The summed E-state index contributed by atoms with van der Waals surface area (Å²) < 4.78 is 0. The maximum atomic E-state index is 3.48. The Bertz CT molecular complexity index is 136. The van der Waals surface area contributed by atoms with Crippen LogP contribution in [0.1, 0.15) is 33.6 Å². The molecule has 1 saturated heterocycles. The second kappa shape index (κ2) is 5.61. The highest BCUT2D eigenvalue weighted by atomic mass is 15.2. The van der Waals surface area contributed by atoms with E-state index in [1.165, 1.54) is 39.0 Å². The Balaban J connectivity index is 2.19. The Labute approximate surface area is 82.7 Å². The molecule has 13 heavy (non-hydrogen) atoms. The van der Waals surface area contributed by atoms with Crippen molar-refractivity contribution in [3.8, 4) is 0 Å². The summed E-state index contributed by atoms with van der Waals surface area (Å²) in [6.07, 6.45) is 2.70. The number of nitrogens with one attached hydrogen (secondary N) is 1. The van der Waals surface area contributed by atoms with Crippen molar-refractivity contribution >= 4 is 0 Å². The molecule has 1 rings (SSSR count). The van der Waals surface area contributed by atoms with E-state index < -0.39 is 0 Å². The molecule has 1 unspecified atom stereocenters. The van der Waals surface area contributed by atoms with Gasteiger partial charge in [0, 0.05) is 32.2 Å². The molecule has 2 nitrogen and oxygen atoms in total. The minimum Gasteiger partial charge on any atom is -0.312 e. The molecular weight excluding hydrogens is 160 g/mol. The molecule has 1 aliphatic heterocycles. The zero-order valence-corrected chi connectivity index (χ0v) is 9.34. The Morgan fingerprint density at radius 2 is 2.31 bits per heavy atom. The minimum absolute atomic E-state index is 0.683. The van der Waals surface area contributed by atoms with Crippen molar-refractivity contribution < 1.29 is 0 Å². The molecule has 0 amide bonds. The lowest BCUT2D eigenvalue weighted by atomic mass is 10.0. The summed E-state index contributed by atoms with van der Waals surface area (Å²) in [4.78, 5) is 2.60. The van der Waals surface area contributed by atoms with Crippen molar-refractivity contribution in [2.45, 2.75) is 39.7 Å². The summed E-state index contributed by atoms with van der Waals surface area (Å²) >= 11 is 0. The van der Waals surface area contributed by atoms with Crippen molar-refractivity contribution in [3.05, 3.63) is 0 Å². The van der Waals surface area contributed by atoms with E-state index in [1.807, 2.05) is 0 Å². The van der Waals surface area contributed by atoms with Gasteiger partial charge in [-0.15, -0.1) is 0 Å². The van der Waals surface area contributed by atoms with Crippen LogP contribution in [-0.4, -0.2) is 37.1 Å². The summed E-state index contributed by atoms with van der Waals surface area (Å²) in [5.74, 6) is 0.871. The molecule has 0 spiro atoms. The molecule has 78 valence electrons. The van der Waals surface area contributed by atoms with Crippen molar-refractivity contribution in [1.29, 1.82) is 0 Å². The van der Waals surface area contributed by atoms with E-state index in [1.54, 1.807) is 0 Å². The lowest BCUT2D eigenvalue weighted by Crippen LogP contribution is -2.50. The van der Waals surface area contributed by atoms with Crippen molar-refractivity contribution in [2.24, 2.45) is 5.92 Å². The first-order chi connectivity index (χ1) is 6.22. The summed E-state index contributed by atoms with van der Waals surface area (Å²) in [5, 5.41) is 3.48. The van der Waals surface area contributed by atoms with Gasteiger partial charge >= 0.3 is 0 Å². The predicted octanol–water partition coefficient (Wildman–Crippen LogP) is 1.72. The maximum Gasteiger partial charge on any atom is 0.0167 e. The summed E-state index contributed by atoms with van der Waals surface area (Å²) in [6, 6.07) is 0.683. The van der Waals surface area contributed by atoms with Crippen LogP contribution in [0.5, 0.6) is 0 Å². The topological polar surface area (TPSA) is 15.3 Å². The summed E-state index contributed by atoms with van der Waals surface area (Å²) in [6.45, 7) is 11.8. The summed E-state index contributed by atoms with van der Waals surface area (Å²) in [5.41, 5.74) is 0. The molecule has 0 aromatic rings. The minimum atomic E-state index is 0.683. The van der Waals surface area contributed by atoms with Crippen molar-refractivity contribution in [2.75, 3.05) is 26.2 Å². The van der Waals surface area contributed by atoms with Gasteiger partial charge in [-0.25, -0.2) is 0 Å². The van der Waals surface area contributed by atoms with Crippen LogP contribution in [0.15, 0.2) is 0 Å². The molecule has 1 aliphatic rings. The van der Waals surface area contributed by atoms with E-state index in [0.29, 0.717) is 6.04 Å². The molecule has 0 radical (unpaired) electrons. The monoisotopic (exact) mass is 184 g/mol. The number of rotatable bonds is 4. The van der Waals surface area contributed by atoms with Crippen LogP contribution in [0.25, 0.3) is 0 Å². The standard InChI is InChI=1S/C11H24N2/c1-4-5-10(2)8-13-7-6-12-11(3)9-13/h10-12H,4-9H2,1-3H3/t10?,11-/m0/s1. The van der Waals surface area contributed by atoms with Crippen molar-refractivity contribution in [1.82, 2.24) is 10.2 Å². The second-order valence-corrected chi connectivity index (χ2v) is 4.51. The Morgan fingerprint density at radius 3 is 2.92 bits per heavy atom. The molecular formula is C11H24N2. The van der Waals surface area contributed by atoms with Gasteiger partial charge in [0.05, 0.1) is 0 Å². The first-order valence-electron chi connectivity index (χ1n) is 5.68. The lowest BCUT2D eigenvalue weighted by molar-refractivity contribution is 0.180. The van der Waals surface area contributed by atoms with Crippen LogP contribution >= 0.6 is 0 Å². The van der Waals surface area contributed by atoms with Crippen molar-refractivity contribution in [3.63, 3.8) is 0 Å². The van der Waals surface area contributed by atoms with Gasteiger partial charge in [-0.3, -0.25) is 0 Å². The van der Waals surface area contributed by atoms with E-state index >= 15 is 0 Å². The SMILES string of the molecule is CCCC(C)CN1CCN[C@@H](C)C1. The average Bonchev–Trinajstić information content (AvgIpc) is 2.04. The Hall–Kier alpha value is -0.0800. The fraction of sp³-hybridized carbons (Fsp3) is 1.00. The van der Waals surface area contributed by atoms with Gasteiger partial charge in [-0.05, 0) is 19.3 Å². The van der Waals surface area contributed by atoms with Crippen LogP contribution in [0.4, 0.5) is 0 Å². The van der Waals surface area contributed by atoms with Crippen LogP contribution in [0.2, 0.25) is 0 Å². The average molecular weight is 184 g/mol. The van der Waals surface area contributed by atoms with Crippen LogP contribution < -0.4 is 5.32 Å². The Kier molecular flexibility index (Phi) is 4.74. The third kappa shape index (κ3) is 4.10. The smallest absolute Gasteiger partial charge is 0.0167 e. The summed E-state index contributed by atoms with van der Waals surface area (Å²) in [7, 11) is 0. The molecule has 0 aromatic carbocycles. The van der Waals surface area contributed by atoms with Gasteiger partial charge in [0.2, 0.25) is 0 Å². The van der Waals surface area contributed by atoms with Crippen LogP contribution in [-0.2, 0) is 0 Å². The maximum absolute atomic E-state index is 3.48. The van der Waals surface area contributed by atoms with Crippen LogP contribution in [0.3, 0.4) is 0 Å². The third-order valence-electron chi connectivity index (χ3n) is 2.80. The molecule has 0 aliphatic carbocycles. The fourth-order valence-corrected chi connectivity index (χ4v) is 2.20. The molecule has 0 aromatic heterocycles. The first-order valence-corrected chi connectivity index (χ1v) is 5.68. The van der Waals surface area contributed by atoms with E-state index in [0.717, 1.165) is 5.92 Å². The number of piperazine rings is 1. The molecule has 0 bridgehead atoms. The van der Waals surface area contributed by atoms with Gasteiger partial charge in [-0.2, -0.15) is 0 Å². The molecule has 1 N–H and O–H groups in total. The van der Waals surface area contributed by atoms with E-state index in [9.17, 15) is 0 Å². The van der Waals surface area contributed by atoms with E-state index in [4.69, 9.17) is 0 Å². The highest BCUT2D eigenvalue weighted by Crippen LogP contribution is 2.09. The van der Waals surface area contributed by atoms with E-state index in [-0.39, 0.29) is 0 Å². The zero-order chi connectivity index (χ0) is 9.68. The molecule has 1 heterocycles. The van der Waals surface area contributed by atoms with Gasteiger partial charge in [0.25, 0.3) is 0 Å². The quantitative estimate of drug-likeness (QED) is 0.715. The second-order valence-electron chi connectivity index (χ2n) is 4.51. The molecule has 1 fully saturated rings. The highest BCUT2D eigenvalue weighted by molar-refractivity contribution is 4.75. The third-order valence-corrected chi connectivity index (χ3v) is 2.80. The number of hydrogen-bond acceptors (Lipinski definition) is 2. The molecule has 2 heteroatoms. The predicted molar refractivity (Wildman–Crippen MR) is 58.0 cm³/mol. The largest absolute Gasteiger partial charge is 0.312 e. The fourth-order valence-electron chi connectivity index (χ4n) is 2.20. The zero-order valence-electron chi connectivity index (χ0n) is 9.34. The Morgan fingerprint density at radius 1 is 1.54 bits per heavy atom. The van der Waals surface area contributed by atoms with Gasteiger partial charge in [0.15, 0.2) is 0 Å². The molecule has 0 saturated carbocycles. The van der Waals surface area contributed by atoms with Crippen LogP contribution in [0, 0.1) is 5.92 Å². The number of hydrogen-bond donors (Lipinski definition) is 1. The van der Waals surface area contributed by atoms with E-state index in [2.05, 4.69) is 31.0 Å².